The molecule has 0 radical (unpaired) electrons. The van der Waals surface area contributed by atoms with E-state index >= 15 is 4.39 Å². The maximum atomic E-state index is 15.4. The van der Waals surface area contributed by atoms with Gasteiger partial charge < -0.3 is 10.4 Å². The molecule has 0 spiro atoms. The molecule has 0 bridgehead atoms. The predicted octanol–water partition coefficient (Wildman–Crippen LogP) is 4.40. The zero-order valence-electron chi connectivity index (χ0n) is 19.6. The lowest BCUT2D eigenvalue weighted by atomic mass is 10.0. The molecule has 1 fully saturated rings. The molecule has 1 aliphatic rings. The van der Waals surface area contributed by atoms with Gasteiger partial charge in [0.1, 0.15) is 21.7 Å². The quantitative estimate of drug-likeness (QED) is 0.379. The largest absolute Gasteiger partial charge is 0.395 e. The molecule has 1 aromatic carbocycles. The number of amides is 1. The normalized spacial score (nSPS) is 15.5. The second kappa shape index (κ2) is 10.8. The van der Waals surface area contributed by atoms with Crippen molar-refractivity contribution in [3.05, 3.63) is 57.8 Å². The molecule has 0 aliphatic carbocycles. The van der Waals surface area contributed by atoms with Crippen molar-refractivity contribution in [2.45, 2.75) is 32.2 Å². The second-order valence-corrected chi connectivity index (χ2v) is 10.7. The number of carbonyl (C=O) groups excluding carboxylic acids is 1. The van der Waals surface area contributed by atoms with Gasteiger partial charge in [-0.2, -0.15) is 0 Å². The number of pyridine rings is 1. The molecular weight excluding hydrogens is 497 g/mol. The molecule has 7 nitrogen and oxygen atoms in total. The SMILES string of the molecule is Cc1nnc(-c2ccc(C(=O)N(c3nccc4sc(C#CCCO)cc34)[C@@H]3CCCNC3)c(F)c2)s1. The van der Waals surface area contributed by atoms with E-state index in [2.05, 4.69) is 32.3 Å². The lowest BCUT2D eigenvalue weighted by Gasteiger charge is -2.34. The number of aliphatic hydroxyl groups excluding tert-OH is 1. The maximum Gasteiger partial charge on any atom is 0.262 e. The summed E-state index contributed by atoms with van der Waals surface area (Å²) < 4.78 is 16.3. The molecular formula is C26H24FN5O2S2. The summed E-state index contributed by atoms with van der Waals surface area (Å²) in [5.41, 5.74) is 0.576. The third kappa shape index (κ3) is 5.01. The number of halogens is 1. The zero-order chi connectivity index (χ0) is 25.1. The summed E-state index contributed by atoms with van der Waals surface area (Å²) in [5.74, 6) is 5.48. The van der Waals surface area contributed by atoms with Crippen LogP contribution in [0.4, 0.5) is 10.2 Å². The zero-order valence-corrected chi connectivity index (χ0v) is 21.3. The van der Waals surface area contributed by atoms with Crippen molar-refractivity contribution in [1.82, 2.24) is 20.5 Å². The number of piperidine rings is 1. The van der Waals surface area contributed by atoms with Crippen LogP contribution in [-0.2, 0) is 0 Å². The number of carbonyl (C=O) groups is 1. The van der Waals surface area contributed by atoms with Crippen LogP contribution in [-0.4, -0.2) is 51.9 Å². The average Bonchev–Trinajstić information content (AvgIpc) is 3.51. The average molecular weight is 522 g/mol. The van der Waals surface area contributed by atoms with Gasteiger partial charge in [0.25, 0.3) is 5.91 Å². The molecule has 10 heteroatoms. The molecule has 1 atom stereocenters. The summed E-state index contributed by atoms with van der Waals surface area (Å²) in [6.07, 6.45) is 3.76. The van der Waals surface area contributed by atoms with Crippen LogP contribution in [0, 0.1) is 24.6 Å². The van der Waals surface area contributed by atoms with Crippen LogP contribution < -0.4 is 10.2 Å². The van der Waals surface area contributed by atoms with E-state index in [-0.39, 0.29) is 18.2 Å². The van der Waals surface area contributed by atoms with Crippen molar-refractivity contribution in [3.8, 4) is 22.4 Å². The van der Waals surface area contributed by atoms with Gasteiger partial charge in [-0.1, -0.05) is 29.2 Å². The van der Waals surface area contributed by atoms with Crippen molar-refractivity contribution < 1.29 is 14.3 Å². The number of rotatable bonds is 5. The third-order valence-electron chi connectivity index (χ3n) is 5.93. The van der Waals surface area contributed by atoms with Crippen molar-refractivity contribution in [3.63, 3.8) is 0 Å². The highest BCUT2D eigenvalue weighted by Gasteiger charge is 2.32. The highest BCUT2D eigenvalue weighted by molar-refractivity contribution is 7.19. The van der Waals surface area contributed by atoms with Crippen molar-refractivity contribution in [2.24, 2.45) is 0 Å². The summed E-state index contributed by atoms with van der Waals surface area (Å²) in [6.45, 7) is 3.32. The van der Waals surface area contributed by atoms with E-state index in [0.717, 1.165) is 39.4 Å². The number of thiophene rings is 1. The Bertz CT molecular complexity index is 1470. The minimum absolute atomic E-state index is 0.00464. The van der Waals surface area contributed by atoms with Gasteiger partial charge in [-0.25, -0.2) is 9.37 Å². The Hall–Kier alpha value is -3.23. The van der Waals surface area contributed by atoms with E-state index in [9.17, 15) is 4.79 Å². The van der Waals surface area contributed by atoms with Gasteiger partial charge in [-0.15, -0.1) is 21.5 Å². The Kier molecular flexibility index (Phi) is 7.34. The lowest BCUT2D eigenvalue weighted by Crippen LogP contribution is -2.49. The number of benzene rings is 1. The number of fused-ring (bicyclic) bond motifs is 1. The van der Waals surface area contributed by atoms with E-state index in [4.69, 9.17) is 5.11 Å². The molecule has 0 unspecified atom stereocenters. The monoisotopic (exact) mass is 521 g/mol. The third-order valence-corrected chi connectivity index (χ3v) is 7.83. The lowest BCUT2D eigenvalue weighted by molar-refractivity contribution is 0.0968. The van der Waals surface area contributed by atoms with Crippen LogP contribution in [0.15, 0.2) is 36.5 Å². The van der Waals surface area contributed by atoms with Crippen LogP contribution in [0.2, 0.25) is 0 Å². The number of aliphatic hydroxyl groups is 1. The molecule has 2 N–H and O–H groups in total. The predicted molar refractivity (Wildman–Crippen MR) is 141 cm³/mol. The summed E-state index contributed by atoms with van der Waals surface area (Å²) in [4.78, 5) is 21.0. The van der Waals surface area contributed by atoms with Crippen LogP contribution in [0.1, 0.15) is 39.5 Å². The van der Waals surface area contributed by atoms with Gasteiger partial charge in [0, 0.05) is 34.8 Å². The number of aryl methyl sites for hydroxylation is 1. The molecule has 4 aromatic rings. The van der Waals surface area contributed by atoms with E-state index in [0.29, 0.717) is 29.4 Å². The molecule has 3 aromatic heterocycles. The van der Waals surface area contributed by atoms with Crippen LogP contribution >= 0.6 is 22.7 Å². The van der Waals surface area contributed by atoms with Gasteiger partial charge in [0.05, 0.1) is 23.1 Å². The number of hydrogen-bond acceptors (Lipinski definition) is 8. The summed E-state index contributed by atoms with van der Waals surface area (Å²) in [6, 6.07) is 8.21. The first-order valence-corrected chi connectivity index (χ1v) is 13.3. The fourth-order valence-corrected chi connectivity index (χ4v) is 5.88. The van der Waals surface area contributed by atoms with Crippen LogP contribution in [0.3, 0.4) is 0 Å². The van der Waals surface area contributed by atoms with Crippen molar-refractivity contribution >= 4 is 44.5 Å². The first-order chi connectivity index (χ1) is 17.5. The molecule has 1 amide bonds. The molecule has 1 saturated heterocycles. The molecule has 5 rings (SSSR count). The van der Waals surface area contributed by atoms with E-state index in [1.165, 1.54) is 34.8 Å². The molecule has 4 heterocycles. The van der Waals surface area contributed by atoms with E-state index in [1.54, 1.807) is 17.2 Å². The number of nitrogens with one attached hydrogen (secondary N) is 1. The topological polar surface area (TPSA) is 91.2 Å². The number of aromatic nitrogens is 3. The highest BCUT2D eigenvalue weighted by Crippen LogP contribution is 2.35. The van der Waals surface area contributed by atoms with E-state index in [1.807, 2.05) is 19.1 Å². The first kappa shape index (κ1) is 24.5. The van der Waals surface area contributed by atoms with E-state index < -0.39 is 11.7 Å². The van der Waals surface area contributed by atoms with Crippen LogP contribution in [0.5, 0.6) is 0 Å². The first-order valence-electron chi connectivity index (χ1n) is 11.7. The Balaban J connectivity index is 1.56. The maximum absolute atomic E-state index is 15.4. The minimum atomic E-state index is -0.604. The molecule has 0 saturated carbocycles. The summed E-state index contributed by atoms with van der Waals surface area (Å²) in [5, 5.41) is 22.7. The fraction of sp³-hybridized carbons (Fsp3) is 0.308. The standard InChI is InChI=1S/C26H24FN5O2S2/c1-16-30-31-25(35-16)17-7-8-20(22(27)13-17)26(34)32(18-5-4-10-28-15-18)24-21-14-19(6-2-3-12-33)36-23(21)9-11-29-24/h7-9,11,13-14,18,28,33H,3-5,10,12,15H2,1H3/t18-/m1/s1. The Morgan fingerprint density at radius 2 is 2.17 bits per heavy atom. The smallest absolute Gasteiger partial charge is 0.262 e. The molecule has 1 aliphatic heterocycles. The summed E-state index contributed by atoms with van der Waals surface area (Å²) in [7, 11) is 0. The van der Waals surface area contributed by atoms with Gasteiger partial charge in [0.2, 0.25) is 0 Å². The van der Waals surface area contributed by atoms with Gasteiger partial charge in [-0.05, 0) is 50.6 Å². The minimum Gasteiger partial charge on any atom is -0.395 e. The number of hydrogen-bond donors (Lipinski definition) is 2. The molecule has 184 valence electrons. The Morgan fingerprint density at radius 1 is 1.28 bits per heavy atom. The second-order valence-electron chi connectivity index (χ2n) is 8.43. The van der Waals surface area contributed by atoms with Crippen molar-refractivity contribution in [1.29, 1.82) is 0 Å². The van der Waals surface area contributed by atoms with Gasteiger partial charge in [0.15, 0.2) is 0 Å². The van der Waals surface area contributed by atoms with Gasteiger partial charge >= 0.3 is 0 Å². The van der Waals surface area contributed by atoms with Crippen LogP contribution in [0.25, 0.3) is 20.7 Å². The number of anilines is 1. The molecule has 36 heavy (non-hydrogen) atoms. The van der Waals surface area contributed by atoms with Crippen molar-refractivity contribution in [2.75, 3.05) is 24.6 Å². The Morgan fingerprint density at radius 3 is 2.89 bits per heavy atom. The Labute approximate surface area is 216 Å². The van der Waals surface area contributed by atoms with Gasteiger partial charge in [-0.3, -0.25) is 9.69 Å². The number of nitrogens with zero attached hydrogens (tertiary/aromatic N) is 4. The fourth-order valence-electron chi connectivity index (χ4n) is 4.26. The highest BCUT2D eigenvalue weighted by atomic mass is 32.1. The summed E-state index contributed by atoms with van der Waals surface area (Å²) >= 11 is 2.88.